The Balaban J connectivity index is 2.56. The Morgan fingerprint density at radius 3 is 2.42 bits per heavy atom. The molecule has 0 heterocycles. The summed E-state index contributed by atoms with van der Waals surface area (Å²) in [5.74, 6) is 1.08. The summed E-state index contributed by atoms with van der Waals surface area (Å²) in [5.41, 5.74) is 0. The molecule has 1 rings (SSSR count). The van der Waals surface area contributed by atoms with E-state index in [1.807, 2.05) is 0 Å². The van der Waals surface area contributed by atoms with E-state index in [4.69, 9.17) is 0 Å². The molecule has 1 aliphatic rings. The van der Waals surface area contributed by atoms with Crippen molar-refractivity contribution in [2.24, 2.45) is 11.8 Å². The molecule has 1 aliphatic carbocycles. The molecule has 3 atom stereocenters. The molecule has 110 valence electrons. The first-order valence-corrected chi connectivity index (χ1v) is 7.90. The summed E-state index contributed by atoms with van der Waals surface area (Å²) < 4.78 is 0. The van der Waals surface area contributed by atoms with Gasteiger partial charge < -0.3 is 4.90 Å². The molecule has 0 radical (unpaired) electrons. The van der Waals surface area contributed by atoms with Crippen molar-refractivity contribution in [1.29, 1.82) is 5.26 Å². The van der Waals surface area contributed by atoms with E-state index in [9.17, 15) is 5.26 Å². The summed E-state index contributed by atoms with van der Waals surface area (Å²) in [7, 11) is 4.25. The van der Waals surface area contributed by atoms with Crippen LogP contribution < -0.4 is 0 Å². The molecule has 0 aromatic rings. The second-order valence-electron chi connectivity index (χ2n) is 6.18. The first-order chi connectivity index (χ1) is 9.12. The standard InChI is InChI=1S/C16H31N3/c1-5-14-8-9-15(13-17)16(12-14)19(6-2)11-7-10-18(3)4/h14-16H,5-12H2,1-4H3. The van der Waals surface area contributed by atoms with Crippen molar-refractivity contribution in [3.63, 3.8) is 0 Å². The van der Waals surface area contributed by atoms with Crippen molar-refractivity contribution in [2.45, 2.75) is 52.0 Å². The van der Waals surface area contributed by atoms with Gasteiger partial charge in [-0.05, 0) is 65.3 Å². The Morgan fingerprint density at radius 1 is 1.16 bits per heavy atom. The summed E-state index contributed by atoms with van der Waals surface area (Å²) in [4.78, 5) is 4.80. The SMILES string of the molecule is CCC1CCC(C#N)C(N(CC)CCCN(C)C)C1. The van der Waals surface area contributed by atoms with Crippen molar-refractivity contribution in [2.75, 3.05) is 33.7 Å². The van der Waals surface area contributed by atoms with Crippen LogP contribution >= 0.6 is 0 Å². The van der Waals surface area contributed by atoms with E-state index in [0.29, 0.717) is 6.04 Å². The van der Waals surface area contributed by atoms with Crippen LogP contribution in [0.4, 0.5) is 0 Å². The molecule has 0 N–H and O–H groups in total. The van der Waals surface area contributed by atoms with Crippen molar-refractivity contribution < 1.29 is 0 Å². The fraction of sp³-hybridized carbons (Fsp3) is 0.938. The monoisotopic (exact) mass is 265 g/mol. The van der Waals surface area contributed by atoms with E-state index in [1.165, 1.54) is 25.7 Å². The van der Waals surface area contributed by atoms with Crippen molar-refractivity contribution >= 4 is 0 Å². The number of hydrogen-bond donors (Lipinski definition) is 0. The van der Waals surface area contributed by atoms with Crippen LogP contribution in [0.1, 0.15) is 46.0 Å². The summed E-state index contributed by atoms with van der Waals surface area (Å²) in [6, 6.07) is 3.06. The van der Waals surface area contributed by atoms with E-state index in [2.05, 4.69) is 43.8 Å². The molecule has 0 spiro atoms. The minimum Gasteiger partial charge on any atom is -0.309 e. The van der Waals surface area contributed by atoms with Crippen LogP contribution in [0.3, 0.4) is 0 Å². The van der Waals surface area contributed by atoms with Gasteiger partial charge in [-0.3, -0.25) is 4.90 Å². The highest BCUT2D eigenvalue weighted by molar-refractivity contribution is 4.97. The van der Waals surface area contributed by atoms with Crippen molar-refractivity contribution in [1.82, 2.24) is 9.80 Å². The Labute approximate surface area is 119 Å². The lowest BCUT2D eigenvalue weighted by molar-refractivity contribution is 0.101. The maximum Gasteiger partial charge on any atom is 0.0672 e. The zero-order valence-electron chi connectivity index (χ0n) is 13.2. The minimum absolute atomic E-state index is 0.252. The predicted molar refractivity (Wildman–Crippen MR) is 80.9 cm³/mol. The van der Waals surface area contributed by atoms with Crippen LogP contribution in [0.2, 0.25) is 0 Å². The summed E-state index contributed by atoms with van der Waals surface area (Å²) >= 11 is 0. The highest BCUT2D eigenvalue weighted by atomic mass is 15.2. The third kappa shape index (κ3) is 5.12. The molecule has 1 saturated carbocycles. The minimum atomic E-state index is 0.252. The third-order valence-corrected chi connectivity index (χ3v) is 4.59. The van der Waals surface area contributed by atoms with Gasteiger partial charge in [0.15, 0.2) is 0 Å². The molecule has 0 aromatic carbocycles. The number of nitriles is 1. The first-order valence-electron chi connectivity index (χ1n) is 7.90. The van der Waals surface area contributed by atoms with Gasteiger partial charge in [0.2, 0.25) is 0 Å². The lowest BCUT2D eigenvalue weighted by atomic mass is 9.77. The molecule has 0 aliphatic heterocycles. The number of nitrogens with zero attached hydrogens (tertiary/aromatic N) is 3. The number of hydrogen-bond acceptors (Lipinski definition) is 3. The summed E-state index contributed by atoms with van der Waals surface area (Å²) in [6.45, 7) is 7.87. The maximum absolute atomic E-state index is 9.39. The lowest BCUT2D eigenvalue weighted by Crippen LogP contribution is -2.44. The van der Waals surface area contributed by atoms with Crippen LogP contribution in [-0.2, 0) is 0 Å². The highest BCUT2D eigenvalue weighted by Crippen LogP contribution is 2.33. The molecule has 0 saturated heterocycles. The van der Waals surface area contributed by atoms with Gasteiger partial charge in [-0.25, -0.2) is 0 Å². The van der Waals surface area contributed by atoms with Gasteiger partial charge in [0.05, 0.1) is 12.0 Å². The average molecular weight is 265 g/mol. The smallest absolute Gasteiger partial charge is 0.0672 e. The van der Waals surface area contributed by atoms with Crippen LogP contribution in [0, 0.1) is 23.2 Å². The van der Waals surface area contributed by atoms with Crippen LogP contribution in [0.25, 0.3) is 0 Å². The fourth-order valence-corrected chi connectivity index (χ4v) is 3.30. The van der Waals surface area contributed by atoms with Crippen molar-refractivity contribution in [3.05, 3.63) is 0 Å². The Hall–Kier alpha value is -0.590. The predicted octanol–water partition coefficient (Wildman–Crippen LogP) is 2.98. The van der Waals surface area contributed by atoms with E-state index < -0.39 is 0 Å². The molecule has 0 amide bonds. The quantitative estimate of drug-likeness (QED) is 0.709. The molecule has 0 aromatic heterocycles. The molecular weight excluding hydrogens is 234 g/mol. The van der Waals surface area contributed by atoms with E-state index in [0.717, 1.165) is 32.0 Å². The van der Waals surface area contributed by atoms with Gasteiger partial charge in [0, 0.05) is 6.04 Å². The zero-order valence-corrected chi connectivity index (χ0v) is 13.2. The second kappa shape index (κ2) is 8.55. The maximum atomic E-state index is 9.39. The average Bonchev–Trinajstić information content (AvgIpc) is 2.42. The van der Waals surface area contributed by atoms with Crippen LogP contribution in [-0.4, -0.2) is 49.6 Å². The van der Waals surface area contributed by atoms with Gasteiger partial charge in [0.1, 0.15) is 0 Å². The molecule has 3 unspecified atom stereocenters. The highest BCUT2D eigenvalue weighted by Gasteiger charge is 2.33. The second-order valence-corrected chi connectivity index (χ2v) is 6.18. The topological polar surface area (TPSA) is 30.3 Å². The zero-order chi connectivity index (χ0) is 14.3. The van der Waals surface area contributed by atoms with E-state index in [1.54, 1.807) is 0 Å². The third-order valence-electron chi connectivity index (χ3n) is 4.59. The van der Waals surface area contributed by atoms with Gasteiger partial charge in [0.25, 0.3) is 0 Å². The molecule has 0 bridgehead atoms. The van der Waals surface area contributed by atoms with Gasteiger partial charge in [-0.15, -0.1) is 0 Å². The Kier molecular flexibility index (Phi) is 7.41. The van der Waals surface area contributed by atoms with Gasteiger partial charge in [-0.2, -0.15) is 5.26 Å². The summed E-state index contributed by atoms with van der Waals surface area (Å²) in [5, 5.41) is 9.39. The van der Waals surface area contributed by atoms with E-state index >= 15 is 0 Å². The molecule has 1 fully saturated rings. The normalized spacial score (nSPS) is 27.7. The molecule has 19 heavy (non-hydrogen) atoms. The first kappa shape index (κ1) is 16.5. The fourth-order valence-electron chi connectivity index (χ4n) is 3.30. The molecular formula is C16H31N3. The largest absolute Gasteiger partial charge is 0.309 e. The van der Waals surface area contributed by atoms with Crippen LogP contribution in [0.15, 0.2) is 0 Å². The lowest BCUT2D eigenvalue weighted by Gasteiger charge is -2.40. The Bertz CT molecular complexity index is 282. The molecule has 3 heteroatoms. The van der Waals surface area contributed by atoms with Gasteiger partial charge >= 0.3 is 0 Å². The summed E-state index contributed by atoms with van der Waals surface area (Å²) in [6.07, 6.45) is 6.05. The van der Waals surface area contributed by atoms with Gasteiger partial charge in [-0.1, -0.05) is 20.3 Å². The van der Waals surface area contributed by atoms with Crippen molar-refractivity contribution in [3.8, 4) is 6.07 Å². The number of rotatable bonds is 7. The van der Waals surface area contributed by atoms with Crippen LogP contribution in [0.5, 0.6) is 0 Å². The van der Waals surface area contributed by atoms with E-state index in [-0.39, 0.29) is 5.92 Å². The Morgan fingerprint density at radius 2 is 1.89 bits per heavy atom. The molecule has 3 nitrogen and oxygen atoms in total.